The SMILES string of the molecule is CC1(c2ccccc2)C(c2[c-]cc3ccccc3c2)=Nc2ccccc21.FC(F)(F)c1ccc(-n2nc(-c3[c-]ccc(C(F)(F)F)c3)c3ccccc32)cc1.Fc1c[c-]c(-c2cc(C(F)(F)F)ccn2)cc1.Fc1c[c-]c(-n2ncc3ccccc32)cc1.Fc1cc[c-]c(-n2ncc3cc(F)ccc32)c1.[Ir].[Ir].[Ir].[Ir].[Ir]. The summed E-state index contributed by atoms with van der Waals surface area (Å²) in [6.07, 6.45) is -9.02. The summed E-state index contributed by atoms with van der Waals surface area (Å²) in [6.45, 7) is 2.27. The molecule has 110 heavy (non-hydrogen) atoms. The van der Waals surface area contributed by atoms with Crippen molar-refractivity contribution in [1.82, 2.24) is 34.3 Å². The average Bonchev–Trinajstić information content (AvgIpc) is 1.48. The predicted molar refractivity (Wildman–Crippen MR) is 377 cm³/mol. The maximum Gasteiger partial charge on any atom is 0.416 e. The van der Waals surface area contributed by atoms with Crippen molar-refractivity contribution in [3.05, 3.63) is 372 Å². The Kier molecular flexibility index (Phi) is 28.9. The summed E-state index contributed by atoms with van der Waals surface area (Å²) < 4.78 is 171. The molecule has 12 aromatic carbocycles. The predicted octanol–water partition coefficient (Wildman–Crippen LogP) is 22.4. The van der Waals surface area contributed by atoms with E-state index in [0.717, 1.165) is 88.3 Å². The first-order valence-electron chi connectivity index (χ1n) is 32.0. The number of hydrogen-bond donors (Lipinski definition) is 0. The van der Waals surface area contributed by atoms with Gasteiger partial charge in [0.2, 0.25) is 0 Å². The minimum atomic E-state index is -4.52. The summed E-state index contributed by atoms with van der Waals surface area (Å²) in [7, 11) is 0. The van der Waals surface area contributed by atoms with Crippen LogP contribution in [0, 0.1) is 53.6 Å². The van der Waals surface area contributed by atoms with Crippen LogP contribution in [-0.4, -0.2) is 40.0 Å². The van der Waals surface area contributed by atoms with Crippen molar-refractivity contribution in [1.29, 1.82) is 0 Å². The third kappa shape index (κ3) is 19.6. The van der Waals surface area contributed by atoms with E-state index in [0.29, 0.717) is 38.7 Å². The van der Waals surface area contributed by atoms with E-state index in [4.69, 9.17) is 4.99 Å². The number of fused-ring (bicyclic) bond motifs is 5. The van der Waals surface area contributed by atoms with Gasteiger partial charge in [-0.2, -0.15) is 67.9 Å². The quantitative estimate of drug-likeness (QED) is 0.118. The Balaban J connectivity index is 0.000000174. The first-order chi connectivity index (χ1) is 50.5. The van der Waals surface area contributed by atoms with Crippen LogP contribution in [-0.2, 0) is 124 Å². The molecule has 26 heteroatoms. The molecule has 0 saturated carbocycles. The van der Waals surface area contributed by atoms with Gasteiger partial charge >= 0.3 is 18.5 Å². The molecule has 1 unspecified atom stereocenters. The molecule has 0 amide bonds. The van der Waals surface area contributed by atoms with Gasteiger partial charge in [0, 0.05) is 152 Å². The van der Waals surface area contributed by atoms with E-state index >= 15 is 0 Å². The molecular weight excluding hydrogens is 2330 g/mol. The number of alkyl halides is 9. The Morgan fingerprint density at radius 3 is 1.62 bits per heavy atom. The van der Waals surface area contributed by atoms with Crippen molar-refractivity contribution in [2.75, 3.05) is 0 Å². The summed E-state index contributed by atoms with van der Waals surface area (Å²) in [5.41, 5.74) is 7.64. The zero-order chi connectivity index (χ0) is 73.6. The molecule has 0 bridgehead atoms. The molecule has 1 aliphatic heterocycles. The molecule has 4 aromatic heterocycles. The van der Waals surface area contributed by atoms with Gasteiger partial charge in [-0.1, -0.05) is 128 Å². The van der Waals surface area contributed by atoms with Crippen LogP contribution in [0.4, 0.5) is 62.8 Å². The summed E-state index contributed by atoms with van der Waals surface area (Å²) in [6, 6.07) is 86.6. The van der Waals surface area contributed by atoms with E-state index in [-0.39, 0.29) is 140 Å². The molecule has 1 aliphatic rings. The Labute approximate surface area is 688 Å². The van der Waals surface area contributed by atoms with Crippen LogP contribution >= 0.6 is 0 Å². The number of halogens is 13. The molecule has 0 N–H and O–H groups in total. The van der Waals surface area contributed by atoms with Gasteiger partial charge in [0.1, 0.15) is 5.82 Å². The van der Waals surface area contributed by atoms with Crippen LogP contribution in [0.15, 0.2) is 291 Å². The number of benzene rings is 12. The molecule has 0 fully saturated rings. The maximum atomic E-state index is 13.1. The number of pyridine rings is 1. The molecule has 1 atom stereocenters. The van der Waals surface area contributed by atoms with Gasteiger partial charge in [-0.15, -0.1) is 119 Å². The number of rotatable bonds is 7. The van der Waals surface area contributed by atoms with Crippen LogP contribution in [0.5, 0.6) is 0 Å². The number of nitrogens with zero attached hydrogens (tertiary/aromatic N) is 8. The Bertz CT molecular complexity index is 5800. The first-order valence-corrected chi connectivity index (χ1v) is 32.0. The van der Waals surface area contributed by atoms with E-state index in [2.05, 4.69) is 149 Å². The monoisotopic (exact) mass is 2380 g/mol. The van der Waals surface area contributed by atoms with Crippen molar-refractivity contribution in [2.45, 2.75) is 30.9 Å². The second-order valence-corrected chi connectivity index (χ2v) is 23.8. The van der Waals surface area contributed by atoms with Gasteiger partial charge in [0.05, 0.1) is 45.9 Å². The van der Waals surface area contributed by atoms with Crippen LogP contribution in [0.2, 0.25) is 0 Å². The van der Waals surface area contributed by atoms with E-state index in [1.807, 2.05) is 24.3 Å². The van der Waals surface area contributed by atoms with Crippen molar-refractivity contribution in [3.8, 4) is 39.6 Å². The molecule has 5 heterocycles. The van der Waals surface area contributed by atoms with Gasteiger partial charge < -0.3 is 4.98 Å². The summed E-state index contributed by atoms with van der Waals surface area (Å²) in [5.74, 6) is -1.47. The largest absolute Gasteiger partial charge is 0.416 e. The second kappa shape index (κ2) is 37.0. The summed E-state index contributed by atoms with van der Waals surface area (Å²) >= 11 is 0. The number of aliphatic imine (C=N–C) groups is 1. The van der Waals surface area contributed by atoms with Crippen LogP contribution < -0.4 is 0 Å². The molecule has 567 valence electrons. The maximum absolute atomic E-state index is 13.1. The smallest absolute Gasteiger partial charge is 0.305 e. The third-order valence-electron chi connectivity index (χ3n) is 17.0. The second-order valence-electron chi connectivity index (χ2n) is 23.8. The number of aromatic nitrogens is 7. The average molecular weight is 2380 g/mol. The topological polar surface area (TPSA) is 78.7 Å². The summed E-state index contributed by atoms with van der Waals surface area (Å²) in [4.78, 5) is 8.84. The van der Waals surface area contributed by atoms with E-state index in [1.165, 1.54) is 104 Å². The molecule has 0 saturated heterocycles. The molecule has 0 spiro atoms. The molecule has 16 aromatic rings. The minimum Gasteiger partial charge on any atom is -0.305 e. The Morgan fingerprint density at radius 1 is 0.382 bits per heavy atom. The third-order valence-corrected chi connectivity index (χ3v) is 17.0. The van der Waals surface area contributed by atoms with Crippen molar-refractivity contribution in [3.63, 3.8) is 0 Å². The normalized spacial score (nSPS) is 12.7. The fourth-order valence-corrected chi connectivity index (χ4v) is 11.8. The van der Waals surface area contributed by atoms with E-state index in [9.17, 15) is 57.1 Å². The fraction of sp³-hybridized carbons (Fsp3) is 0.0595. The van der Waals surface area contributed by atoms with Crippen molar-refractivity contribution in [2.24, 2.45) is 4.99 Å². The molecule has 5 radical (unpaired) electrons. The van der Waals surface area contributed by atoms with Crippen molar-refractivity contribution >= 4 is 54.9 Å². The Morgan fingerprint density at radius 2 is 0.945 bits per heavy atom. The van der Waals surface area contributed by atoms with Gasteiger partial charge in [0.25, 0.3) is 0 Å². The van der Waals surface area contributed by atoms with Gasteiger partial charge in [-0.25, -0.2) is 18.6 Å². The summed E-state index contributed by atoms with van der Waals surface area (Å²) in [5, 5.41) is 17.4. The fourth-order valence-electron chi connectivity index (χ4n) is 11.8. The number of para-hydroxylation sites is 3. The van der Waals surface area contributed by atoms with Crippen LogP contribution in [0.3, 0.4) is 0 Å². The first kappa shape index (κ1) is 86.1. The molecule has 8 nitrogen and oxygen atoms in total. The zero-order valence-electron chi connectivity index (χ0n) is 56.3. The van der Waals surface area contributed by atoms with E-state index < -0.39 is 41.0 Å². The van der Waals surface area contributed by atoms with Gasteiger partial charge in [-0.05, 0) is 112 Å². The zero-order valence-corrected chi connectivity index (χ0v) is 68.3. The van der Waals surface area contributed by atoms with Crippen LogP contribution in [0.1, 0.15) is 40.3 Å². The standard InChI is InChI=1S/C25H18N.C21H11F6N2.C13H7F2N2.C13H8FN2.C12H6F4N.5Ir/c1-25(21-11-3-2-4-12-21)22-13-7-8-14-23(22)26-24(25)20-16-15-18-9-5-6-10-19(18)17-20;22-20(23,24)14-8-10-16(11-9-14)29-18-7-2-1-6-17(18)19(28-29)13-4-3-5-15(12-13)21(25,26)27;14-10-2-1-3-12(7-10)17-13-5-4-11(15)6-9(13)8-16-17;14-11-5-7-12(8-6-11)16-13-4-2-1-3-10(13)9-15-16;13-10-3-1-8(2-4-10)11-7-9(5-6-17-11)12(14,15)16;;;;;/h2-15,17H,1H3;1-3,5-12H;1-2,4-8H;1-7,9H;1,3-7H;;;;;/q5*-1;;;;;. The molecule has 17 rings (SSSR count). The van der Waals surface area contributed by atoms with Crippen LogP contribution in [0.25, 0.3) is 83.1 Å². The van der Waals surface area contributed by atoms with Crippen molar-refractivity contribution < 1.29 is 158 Å². The van der Waals surface area contributed by atoms with Gasteiger partial charge in [-0.3, -0.25) is 23.1 Å². The minimum absolute atomic E-state index is 0. The van der Waals surface area contributed by atoms with Gasteiger partial charge in [0.15, 0.2) is 0 Å². The van der Waals surface area contributed by atoms with E-state index in [1.54, 1.807) is 47.3 Å². The molecule has 0 aliphatic carbocycles. The molecular formula is C84H50F13Ir5N8-5. The Hall–Kier alpha value is -9.53. The number of hydrogen-bond acceptors (Lipinski definition) is 5.